The maximum atomic E-state index is 5.16. The molecule has 48 heavy (non-hydrogen) atoms. The van der Waals surface area contributed by atoms with Gasteiger partial charge in [-0.05, 0) is 72.5 Å². The monoisotopic (exact) mass is 616 g/mol. The average Bonchev–Trinajstić information content (AvgIpc) is 3.68. The van der Waals surface area contributed by atoms with Gasteiger partial charge in [0.05, 0.1) is 33.8 Å². The third-order valence-corrected chi connectivity index (χ3v) is 10.1. The highest BCUT2D eigenvalue weighted by Gasteiger charge is 2.26. The van der Waals surface area contributed by atoms with Crippen molar-refractivity contribution in [3.63, 3.8) is 0 Å². The van der Waals surface area contributed by atoms with Gasteiger partial charge in [0.25, 0.3) is 0 Å². The lowest BCUT2D eigenvalue weighted by Gasteiger charge is -2.29. The minimum absolute atomic E-state index is 0.00418. The Bertz CT molecular complexity index is 2540. The first kappa shape index (κ1) is 27.0. The van der Waals surface area contributed by atoms with Crippen LogP contribution in [-0.2, 0) is 0 Å². The zero-order valence-corrected chi connectivity index (χ0v) is 26.3. The number of rotatable bonds is 4. The molecule has 10 rings (SSSR count). The first-order valence-electron chi connectivity index (χ1n) is 16.7. The largest absolute Gasteiger partial charge is 0.359 e. The van der Waals surface area contributed by atoms with Crippen LogP contribution in [0.4, 0.5) is 5.69 Å². The summed E-state index contributed by atoms with van der Waals surface area (Å²) in [7, 11) is 0. The van der Waals surface area contributed by atoms with Crippen molar-refractivity contribution < 1.29 is 0 Å². The summed E-state index contributed by atoms with van der Waals surface area (Å²) in [5.74, 6) is 0.961. The van der Waals surface area contributed by atoms with Gasteiger partial charge >= 0.3 is 0 Å². The molecule has 2 aromatic heterocycles. The highest BCUT2D eigenvalue weighted by molar-refractivity contribution is 6.11. The van der Waals surface area contributed by atoms with Gasteiger partial charge in [-0.15, -0.1) is 0 Å². The number of benzene rings is 6. The lowest BCUT2D eigenvalue weighted by molar-refractivity contribution is 0.742. The van der Waals surface area contributed by atoms with Crippen molar-refractivity contribution in [3.8, 4) is 5.69 Å². The van der Waals surface area contributed by atoms with Crippen molar-refractivity contribution >= 4 is 60.8 Å². The summed E-state index contributed by atoms with van der Waals surface area (Å²) in [6.07, 6.45) is 6.41. The second-order valence-electron chi connectivity index (χ2n) is 12.8. The van der Waals surface area contributed by atoms with Crippen molar-refractivity contribution in [1.29, 1.82) is 0 Å². The van der Waals surface area contributed by atoms with Crippen LogP contribution < -0.4 is 5.32 Å². The summed E-state index contributed by atoms with van der Waals surface area (Å²) in [4.78, 5) is 5.16. The number of hydrogen-bond donors (Lipinski definition) is 1. The van der Waals surface area contributed by atoms with Gasteiger partial charge in [-0.25, -0.2) is 4.99 Å². The Morgan fingerprint density at radius 3 is 1.58 bits per heavy atom. The van der Waals surface area contributed by atoms with E-state index in [9.17, 15) is 0 Å². The van der Waals surface area contributed by atoms with E-state index in [2.05, 4.69) is 172 Å². The summed E-state index contributed by atoms with van der Waals surface area (Å²) in [6, 6.07) is 52.4. The Labute approximate surface area is 278 Å². The summed E-state index contributed by atoms with van der Waals surface area (Å²) in [6.45, 7) is 0. The van der Waals surface area contributed by atoms with Crippen LogP contribution in [0.3, 0.4) is 0 Å². The molecule has 1 N–H and O–H groups in total. The van der Waals surface area contributed by atoms with Gasteiger partial charge in [0.2, 0.25) is 0 Å². The number of nitrogens with zero attached hydrogens (tertiary/aromatic N) is 3. The Morgan fingerprint density at radius 2 is 1.02 bits per heavy atom. The van der Waals surface area contributed by atoms with E-state index in [1.165, 1.54) is 66.0 Å². The molecule has 6 aromatic carbocycles. The number of allylic oxidation sites excluding steroid dienone is 3. The van der Waals surface area contributed by atoms with Crippen LogP contribution in [0.1, 0.15) is 30.0 Å². The van der Waals surface area contributed by atoms with E-state index in [1.807, 2.05) is 0 Å². The third-order valence-electron chi connectivity index (χ3n) is 10.1. The quantitative estimate of drug-likeness (QED) is 0.210. The third kappa shape index (κ3) is 4.12. The number of amidine groups is 1. The molecule has 0 spiro atoms. The van der Waals surface area contributed by atoms with Gasteiger partial charge in [0, 0.05) is 38.5 Å². The van der Waals surface area contributed by atoms with Gasteiger partial charge in [0.1, 0.15) is 5.84 Å². The number of aliphatic imine (C=N–C) groups is 1. The normalized spacial score (nSPS) is 16.1. The molecule has 0 radical (unpaired) electrons. The minimum atomic E-state index is 0.00418. The summed E-state index contributed by atoms with van der Waals surface area (Å²) < 4.78 is 4.81. The van der Waals surface area contributed by atoms with Crippen LogP contribution >= 0.6 is 0 Å². The molecule has 0 bridgehead atoms. The molecule has 0 amide bonds. The maximum Gasteiger partial charge on any atom is 0.130 e. The van der Waals surface area contributed by atoms with Crippen LogP contribution in [0.2, 0.25) is 0 Å². The molecule has 1 aliphatic heterocycles. The van der Waals surface area contributed by atoms with Crippen molar-refractivity contribution in [2.24, 2.45) is 4.99 Å². The maximum absolute atomic E-state index is 5.16. The second-order valence-corrected chi connectivity index (χ2v) is 12.8. The number of nitrogens with one attached hydrogen (secondary N) is 1. The van der Waals surface area contributed by atoms with Crippen LogP contribution in [0, 0.1) is 0 Å². The lowest BCUT2D eigenvalue weighted by Crippen LogP contribution is -2.33. The number of fused-ring (bicyclic) bond motifs is 7. The van der Waals surface area contributed by atoms with Gasteiger partial charge < -0.3 is 14.5 Å². The Hall–Kier alpha value is -6.13. The molecule has 0 saturated carbocycles. The topological polar surface area (TPSA) is 34.2 Å². The highest BCUT2D eigenvalue weighted by atomic mass is 15.1. The van der Waals surface area contributed by atoms with Crippen LogP contribution in [0.15, 0.2) is 168 Å². The van der Waals surface area contributed by atoms with Gasteiger partial charge in [-0.3, -0.25) is 0 Å². The zero-order chi connectivity index (χ0) is 31.6. The predicted octanol–water partition coefficient (Wildman–Crippen LogP) is 10.9. The van der Waals surface area contributed by atoms with Crippen LogP contribution in [-0.4, -0.2) is 15.0 Å². The molecular weight excluding hydrogens is 585 g/mol. The Morgan fingerprint density at radius 1 is 0.500 bits per heavy atom. The van der Waals surface area contributed by atoms with Crippen molar-refractivity contribution in [2.45, 2.75) is 18.9 Å². The van der Waals surface area contributed by atoms with Crippen molar-refractivity contribution in [1.82, 2.24) is 14.5 Å². The first-order valence-corrected chi connectivity index (χ1v) is 16.7. The standard InChI is InChI=1S/C44H32N4/c1-6-16-38-37(15-1)43(29-21-25-31(26-22-29)47-39-17-7-2-11-33(39)34-12-3-8-18-40(34)47)46-44(45-38)30-23-27-32(28-24-30)48-41-19-9-4-13-35(41)36-14-5-10-20-42(36)48/h1-23,25-27,43H,24,28H2,(H,45,46). The van der Waals surface area contributed by atoms with E-state index in [-0.39, 0.29) is 6.04 Å². The molecule has 8 aromatic rings. The van der Waals surface area contributed by atoms with Gasteiger partial charge in [-0.1, -0.05) is 109 Å². The number of hydrogen-bond acceptors (Lipinski definition) is 2. The van der Waals surface area contributed by atoms with E-state index in [4.69, 9.17) is 4.99 Å². The molecule has 4 nitrogen and oxygen atoms in total. The molecule has 1 aliphatic carbocycles. The molecule has 0 fully saturated rings. The minimum Gasteiger partial charge on any atom is -0.359 e. The fourth-order valence-electron chi connectivity index (χ4n) is 7.89. The van der Waals surface area contributed by atoms with E-state index in [0.717, 1.165) is 30.1 Å². The predicted molar refractivity (Wildman–Crippen MR) is 200 cm³/mol. The van der Waals surface area contributed by atoms with Crippen molar-refractivity contribution in [2.75, 3.05) is 0 Å². The van der Waals surface area contributed by atoms with Crippen LogP contribution in [0.25, 0.3) is 55.0 Å². The number of para-hydroxylation sites is 5. The summed E-state index contributed by atoms with van der Waals surface area (Å²) >= 11 is 0. The molecule has 4 heteroatoms. The van der Waals surface area contributed by atoms with Crippen molar-refractivity contribution in [3.05, 3.63) is 174 Å². The van der Waals surface area contributed by atoms with E-state index < -0.39 is 0 Å². The molecule has 0 saturated heterocycles. The Balaban J connectivity index is 1.01. The smallest absolute Gasteiger partial charge is 0.130 e. The number of aromatic nitrogens is 2. The van der Waals surface area contributed by atoms with Crippen LogP contribution in [0.5, 0.6) is 0 Å². The highest BCUT2D eigenvalue weighted by Crippen LogP contribution is 2.39. The SMILES string of the molecule is C1=C(C2=Nc3ccccc3C(c3ccc(-n4c5ccccc5c5ccccc54)cc3)N2)CCC(n2c3ccccc3c3ccccc32)=C1. The summed E-state index contributed by atoms with van der Waals surface area (Å²) in [5.41, 5.74) is 12.1. The molecular formula is C44H32N4. The molecule has 2 aliphatic rings. The van der Waals surface area contributed by atoms with Gasteiger partial charge in [0.15, 0.2) is 0 Å². The molecule has 3 heterocycles. The van der Waals surface area contributed by atoms with Gasteiger partial charge in [-0.2, -0.15) is 0 Å². The molecule has 1 unspecified atom stereocenters. The van der Waals surface area contributed by atoms with E-state index >= 15 is 0 Å². The average molecular weight is 617 g/mol. The zero-order valence-electron chi connectivity index (χ0n) is 26.3. The first-order chi connectivity index (χ1) is 23.8. The fraction of sp³-hybridized carbons (Fsp3) is 0.0682. The van der Waals surface area contributed by atoms with E-state index in [0.29, 0.717) is 0 Å². The summed E-state index contributed by atoms with van der Waals surface area (Å²) in [5, 5.41) is 9.00. The molecule has 228 valence electrons. The molecule has 1 atom stereocenters. The Kier molecular flexibility index (Phi) is 6.03. The fourth-order valence-corrected chi connectivity index (χ4v) is 7.89. The lowest BCUT2D eigenvalue weighted by atomic mass is 9.93. The second kappa shape index (κ2) is 10.7. The van der Waals surface area contributed by atoms with E-state index in [1.54, 1.807) is 0 Å².